The van der Waals surface area contributed by atoms with Crippen molar-refractivity contribution in [2.75, 3.05) is 10.8 Å². The minimum absolute atomic E-state index is 0.436. The van der Waals surface area contributed by atoms with Gasteiger partial charge in [0.2, 0.25) is 0 Å². The maximum atomic E-state index is 11.5. The molecule has 0 saturated carbocycles. The topological polar surface area (TPSA) is 37.4 Å². The molecule has 0 aliphatic carbocycles. The zero-order valence-electron chi connectivity index (χ0n) is 7.84. The smallest absolute Gasteiger partial charge is 0.257 e. The molecule has 1 aromatic carbocycles. The Labute approximate surface area is 83.7 Å². The molecule has 0 bridgehead atoms. The van der Waals surface area contributed by atoms with Crippen molar-refractivity contribution < 1.29 is 8.42 Å². The number of hydrogen-bond donors (Lipinski definition) is 0. The Bertz CT molecular complexity index is 459. The highest BCUT2D eigenvalue weighted by molar-refractivity contribution is 7.95. The lowest BCUT2D eigenvalue weighted by atomic mass is 10.2. The Kier molecular flexibility index (Phi) is 2.07. The van der Waals surface area contributed by atoms with Gasteiger partial charge in [0, 0.05) is 5.41 Å². The van der Waals surface area contributed by atoms with Crippen LogP contribution in [0.2, 0.25) is 0 Å². The van der Waals surface area contributed by atoms with Gasteiger partial charge in [-0.25, -0.2) is 8.42 Å². The van der Waals surface area contributed by atoms with E-state index in [4.69, 9.17) is 0 Å². The molecule has 0 saturated heterocycles. The van der Waals surface area contributed by atoms with Crippen LogP contribution in [0.3, 0.4) is 0 Å². The van der Waals surface area contributed by atoms with E-state index < -0.39 is 10.0 Å². The number of aryl methyl sites for hydroxylation is 1. The monoisotopic (exact) mass is 209 g/mol. The first-order valence-corrected chi connectivity index (χ1v) is 5.86. The highest BCUT2D eigenvalue weighted by Gasteiger charge is 2.22. The van der Waals surface area contributed by atoms with Gasteiger partial charge in [0.05, 0.1) is 12.2 Å². The lowest BCUT2D eigenvalue weighted by Crippen LogP contribution is -2.24. The van der Waals surface area contributed by atoms with Gasteiger partial charge in [-0.2, -0.15) is 0 Å². The summed E-state index contributed by atoms with van der Waals surface area (Å²) >= 11 is 0. The maximum Gasteiger partial charge on any atom is 0.257 e. The number of rotatable bonds is 1. The van der Waals surface area contributed by atoms with Gasteiger partial charge in [0.25, 0.3) is 10.0 Å². The zero-order chi connectivity index (χ0) is 10.2. The Morgan fingerprint density at radius 3 is 2.36 bits per heavy atom. The average molecular weight is 209 g/mol. The van der Waals surface area contributed by atoms with E-state index >= 15 is 0 Å². The molecule has 4 heteroatoms. The summed E-state index contributed by atoms with van der Waals surface area (Å²) in [7, 11) is -3.20. The van der Waals surface area contributed by atoms with Crippen molar-refractivity contribution in [3.8, 4) is 0 Å². The van der Waals surface area contributed by atoms with Crippen molar-refractivity contribution in [1.29, 1.82) is 0 Å². The molecule has 1 aromatic rings. The second kappa shape index (κ2) is 3.13. The van der Waals surface area contributed by atoms with Crippen LogP contribution < -0.4 is 4.31 Å². The van der Waals surface area contributed by atoms with Gasteiger partial charge >= 0.3 is 0 Å². The number of benzene rings is 1. The van der Waals surface area contributed by atoms with Crippen molar-refractivity contribution in [2.45, 2.75) is 6.92 Å². The van der Waals surface area contributed by atoms with Crippen LogP contribution in [0, 0.1) is 6.92 Å². The predicted molar refractivity (Wildman–Crippen MR) is 56.6 cm³/mol. The number of sulfonamides is 1. The Balaban J connectivity index is 2.38. The average Bonchev–Trinajstić information content (AvgIpc) is 2.47. The van der Waals surface area contributed by atoms with Gasteiger partial charge in [-0.05, 0) is 19.1 Å². The highest BCUT2D eigenvalue weighted by atomic mass is 32.2. The summed E-state index contributed by atoms with van der Waals surface area (Å²) in [5, 5.41) is 1.24. The molecule has 74 valence electrons. The molecule has 2 rings (SSSR count). The van der Waals surface area contributed by atoms with Crippen molar-refractivity contribution in [3.63, 3.8) is 0 Å². The first-order chi connectivity index (χ1) is 6.59. The van der Waals surface area contributed by atoms with Crippen molar-refractivity contribution in [1.82, 2.24) is 0 Å². The second-order valence-corrected chi connectivity index (χ2v) is 5.03. The Hall–Kier alpha value is -1.29. The minimum Gasteiger partial charge on any atom is -0.263 e. The largest absolute Gasteiger partial charge is 0.263 e. The quantitative estimate of drug-likeness (QED) is 0.705. The first-order valence-electron chi connectivity index (χ1n) is 4.35. The maximum absolute atomic E-state index is 11.5. The van der Waals surface area contributed by atoms with Crippen LogP contribution in [0.5, 0.6) is 0 Å². The van der Waals surface area contributed by atoms with E-state index in [1.54, 1.807) is 6.08 Å². The molecule has 3 nitrogen and oxygen atoms in total. The van der Waals surface area contributed by atoms with Gasteiger partial charge in [0.1, 0.15) is 0 Å². The summed E-state index contributed by atoms with van der Waals surface area (Å²) in [5.74, 6) is 0. The molecule has 0 atom stereocenters. The van der Waals surface area contributed by atoms with Crippen LogP contribution in [0.25, 0.3) is 0 Å². The van der Waals surface area contributed by atoms with E-state index in [0.29, 0.717) is 6.54 Å². The third kappa shape index (κ3) is 1.53. The van der Waals surface area contributed by atoms with E-state index in [9.17, 15) is 8.42 Å². The number of nitrogens with zero attached hydrogens (tertiary/aromatic N) is 1. The SMILES string of the molecule is Cc1ccc(N2CC=CS2(=O)=O)cc1. The van der Waals surface area contributed by atoms with Crippen LogP contribution >= 0.6 is 0 Å². The third-order valence-corrected chi connectivity index (χ3v) is 3.68. The summed E-state index contributed by atoms with van der Waals surface area (Å²) in [4.78, 5) is 0. The van der Waals surface area contributed by atoms with E-state index in [-0.39, 0.29) is 0 Å². The molecule has 0 radical (unpaired) electrons. The van der Waals surface area contributed by atoms with Crippen molar-refractivity contribution >= 4 is 15.7 Å². The fraction of sp³-hybridized carbons (Fsp3) is 0.200. The van der Waals surface area contributed by atoms with E-state index in [0.717, 1.165) is 11.3 Å². The third-order valence-electron chi connectivity index (χ3n) is 2.17. The van der Waals surface area contributed by atoms with E-state index in [2.05, 4.69) is 0 Å². The molecule has 0 unspecified atom stereocenters. The van der Waals surface area contributed by atoms with Crippen LogP contribution in [0.15, 0.2) is 35.7 Å². The normalized spacial score (nSPS) is 18.8. The van der Waals surface area contributed by atoms with Gasteiger partial charge < -0.3 is 0 Å². The summed E-state index contributed by atoms with van der Waals surface area (Å²) in [5.41, 5.74) is 1.85. The molecular formula is C10H11NO2S. The molecule has 14 heavy (non-hydrogen) atoms. The lowest BCUT2D eigenvalue weighted by Gasteiger charge is -2.16. The summed E-state index contributed by atoms with van der Waals surface area (Å²) < 4.78 is 24.4. The van der Waals surface area contributed by atoms with Gasteiger partial charge in [-0.3, -0.25) is 4.31 Å². The summed E-state index contributed by atoms with van der Waals surface area (Å²) in [6.07, 6.45) is 1.65. The zero-order valence-corrected chi connectivity index (χ0v) is 8.66. The molecule has 0 amide bonds. The molecule has 1 aliphatic heterocycles. The summed E-state index contributed by atoms with van der Waals surface area (Å²) in [6, 6.07) is 7.45. The molecule has 0 fully saturated rings. The van der Waals surface area contributed by atoms with Crippen molar-refractivity contribution in [3.05, 3.63) is 41.3 Å². The van der Waals surface area contributed by atoms with Crippen LogP contribution in [0.1, 0.15) is 5.56 Å². The lowest BCUT2D eigenvalue weighted by molar-refractivity contribution is 0.603. The molecule has 1 heterocycles. The number of hydrogen-bond acceptors (Lipinski definition) is 2. The second-order valence-electron chi connectivity index (χ2n) is 3.28. The van der Waals surface area contributed by atoms with Crippen molar-refractivity contribution in [2.24, 2.45) is 0 Å². The molecule has 1 aliphatic rings. The molecule has 0 spiro atoms. The van der Waals surface area contributed by atoms with Crippen LogP contribution in [-0.4, -0.2) is 15.0 Å². The first kappa shape index (κ1) is 9.27. The van der Waals surface area contributed by atoms with Gasteiger partial charge in [0.15, 0.2) is 0 Å². The van der Waals surface area contributed by atoms with Gasteiger partial charge in [-0.1, -0.05) is 23.8 Å². The molecular weight excluding hydrogens is 198 g/mol. The standard InChI is InChI=1S/C10H11NO2S/c1-9-3-5-10(6-4-9)11-7-2-8-14(11,12)13/h2-6,8H,7H2,1H3. The minimum atomic E-state index is -3.20. The Morgan fingerprint density at radius 1 is 1.21 bits per heavy atom. The van der Waals surface area contributed by atoms with Gasteiger partial charge in [-0.15, -0.1) is 0 Å². The Morgan fingerprint density at radius 2 is 1.86 bits per heavy atom. The van der Waals surface area contributed by atoms with E-state index in [1.165, 1.54) is 9.71 Å². The molecule has 0 aromatic heterocycles. The fourth-order valence-electron chi connectivity index (χ4n) is 1.40. The van der Waals surface area contributed by atoms with Crippen LogP contribution in [0.4, 0.5) is 5.69 Å². The van der Waals surface area contributed by atoms with E-state index in [1.807, 2.05) is 31.2 Å². The summed E-state index contributed by atoms with van der Waals surface area (Å²) in [6.45, 7) is 2.41. The predicted octanol–water partition coefficient (Wildman–Crippen LogP) is 1.66. The van der Waals surface area contributed by atoms with Crippen LogP contribution in [-0.2, 0) is 10.0 Å². The fourth-order valence-corrected chi connectivity index (χ4v) is 2.59. The highest BCUT2D eigenvalue weighted by Crippen LogP contribution is 2.22. The number of anilines is 1. The molecule has 0 N–H and O–H groups in total.